The van der Waals surface area contributed by atoms with E-state index < -0.39 is 0 Å². The van der Waals surface area contributed by atoms with Crippen LogP contribution >= 0.6 is 0 Å². The normalized spacial score (nSPS) is 19.6. The molecule has 2 aliphatic rings. The highest BCUT2D eigenvalue weighted by atomic mass is 16.5. The molecule has 234 valence electrons. The molecule has 0 radical (unpaired) electrons. The Labute approximate surface area is 257 Å². The Morgan fingerprint density at radius 3 is 2.20 bits per heavy atom. The van der Waals surface area contributed by atoms with E-state index in [0.29, 0.717) is 80.6 Å². The van der Waals surface area contributed by atoms with Gasteiger partial charge in [0.15, 0.2) is 11.5 Å². The SMILES string of the molecule is CCOc1cc2nc(N3C[C@@H](C)O[C@@H](C)C3)nc(N3CCC(n4c(=O)c5cc(C)ccc5n(C)c4=O)CC3)c2cc1OCC. The van der Waals surface area contributed by atoms with E-state index in [1.807, 2.05) is 51.1 Å². The van der Waals surface area contributed by atoms with Crippen molar-refractivity contribution in [1.29, 1.82) is 0 Å². The summed E-state index contributed by atoms with van der Waals surface area (Å²) in [6, 6.07) is 9.36. The highest BCUT2D eigenvalue weighted by Crippen LogP contribution is 2.38. The third-order valence-corrected chi connectivity index (χ3v) is 8.62. The van der Waals surface area contributed by atoms with Crippen LogP contribution in [0.5, 0.6) is 11.5 Å². The molecule has 0 saturated carbocycles. The molecular formula is C33H42N6O5. The zero-order valence-electron chi connectivity index (χ0n) is 26.5. The number of aromatic nitrogens is 4. The first kappa shape index (κ1) is 29.9. The summed E-state index contributed by atoms with van der Waals surface area (Å²) in [7, 11) is 1.74. The minimum Gasteiger partial charge on any atom is -0.490 e. The van der Waals surface area contributed by atoms with E-state index in [1.165, 1.54) is 4.57 Å². The third kappa shape index (κ3) is 5.49. The number of benzene rings is 2. The predicted molar refractivity (Wildman–Crippen MR) is 173 cm³/mol. The van der Waals surface area contributed by atoms with E-state index in [0.717, 1.165) is 22.3 Å². The summed E-state index contributed by atoms with van der Waals surface area (Å²) < 4.78 is 20.9. The van der Waals surface area contributed by atoms with Crippen molar-refractivity contribution in [3.63, 3.8) is 0 Å². The van der Waals surface area contributed by atoms with Gasteiger partial charge in [-0.3, -0.25) is 13.9 Å². The number of hydrogen-bond donors (Lipinski definition) is 0. The maximum Gasteiger partial charge on any atom is 0.331 e. The molecule has 0 N–H and O–H groups in total. The molecule has 2 fully saturated rings. The minimum absolute atomic E-state index is 0.0585. The molecule has 0 bridgehead atoms. The lowest BCUT2D eigenvalue weighted by molar-refractivity contribution is -0.00569. The van der Waals surface area contributed by atoms with Gasteiger partial charge in [-0.15, -0.1) is 0 Å². The molecule has 2 aromatic carbocycles. The van der Waals surface area contributed by atoms with E-state index >= 15 is 0 Å². The van der Waals surface area contributed by atoms with Crippen molar-refractivity contribution in [3.05, 3.63) is 56.7 Å². The highest BCUT2D eigenvalue weighted by molar-refractivity contribution is 5.93. The molecule has 0 amide bonds. The van der Waals surface area contributed by atoms with Crippen molar-refractivity contribution >= 4 is 33.6 Å². The van der Waals surface area contributed by atoms with E-state index in [9.17, 15) is 9.59 Å². The van der Waals surface area contributed by atoms with Crippen molar-refractivity contribution in [3.8, 4) is 11.5 Å². The number of ether oxygens (including phenoxy) is 3. The average molecular weight is 603 g/mol. The first-order valence-electron chi connectivity index (χ1n) is 15.7. The molecule has 2 atom stereocenters. The second kappa shape index (κ2) is 12.1. The quantitative estimate of drug-likeness (QED) is 0.308. The standard InChI is InChI=1S/C33H42N6O5/c1-7-42-28-16-24-26(17-29(28)43-8-2)34-32(38-18-21(4)44-22(5)19-38)35-30(24)37-13-11-23(12-14-37)39-31(40)25-15-20(3)9-10-27(25)36(6)33(39)41/h9-10,15-17,21-23H,7-8,11-14,18-19H2,1-6H3/t21-,22+. The van der Waals surface area contributed by atoms with Crippen molar-refractivity contribution in [2.75, 3.05) is 49.2 Å². The summed E-state index contributed by atoms with van der Waals surface area (Å²) in [6.45, 7) is 13.7. The van der Waals surface area contributed by atoms with Crippen LogP contribution in [-0.2, 0) is 11.8 Å². The van der Waals surface area contributed by atoms with E-state index in [4.69, 9.17) is 24.2 Å². The lowest BCUT2D eigenvalue weighted by Gasteiger charge is -2.37. The van der Waals surface area contributed by atoms with Crippen molar-refractivity contribution < 1.29 is 14.2 Å². The zero-order chi connectivity index (χ0) is 31.1. The Morgan fingerprint density at radius 1 is 0.886 bits per heavy atom. The Kier molecular flexibility index (Phi) is 8.24. The Bertz CT molecular complexity index is 1800. The Morgan fingerprint density at radius 2 is 1.55 bits per heavy atom. The first-order chi connectivity index (χ1) is 21.2. The molecule has 11 nitrogen and oxygen atoms in total. The molecule has 2 aromatic heterocycles. The van der Waals surface area contributed by atoms with Gasteiger partial charge >= 0.3 is 5.69 Å². The predicted octanol–water partition coefficient (Wildman–Crippen LogP) is 4.20. The summed E-state index contributed by atoms with van der Waals surface area (Å²) >= 11 is 0. The number of piperidine rings is 1. The molecule has 2 aliphatic heterocycles. The molecule has 4 aromatic rings. The molecule has 4 heterocycles. The van der Waals surface area contributed by atoms with E-state index in [-0.39, 0.29) is 29.5 Å². The maximum absolute atomic E-state index is 13.6. The molecule has 6 rings (SSSR count). The minimum atomic E-state index is -0.278. The number of fused-ring (bicyclic) bond motifs is 2. The smallest absolute Gasteiger partial charge is 0.331 e. The summed E-state index contributed by atoms with van der Waals surface area (Å²) in [5.74, 6) is 2.78. The van der Waals surface area contributed by atoms with E-state index in [2.05, 4.69) is 23.6 Å². The number of morpholine rings is 1. The van der Waals surface area contributed by atoms with Crippen molar-refractivity contribution in [2.24, 2.45) is 7.05 Å². The first-order valence-corrected chi connectivity index (χ1v) is 15.7. The van der Waals surface area contributed by atoms with Crippen LogP contribution in [0.25, 0.3) is 21.8 Å². The second-order valence-electron chi connectivity index (χ2n) is 11.9. The fourth-order valence-corrected chi connectivity index (χ4v) is 6.62. The van der Waals surface area contributed by atoms with Gasteiger partial charge in [-0.25, -0.2) is 9.78 Å². The lowest BCUT2D eigenvalue weighted by atomic mass is 10.0. The van der Waals surface area contributed by atoms with Gasteiger partial charge in [0.1, 0.15) is 5.82 Å². The number of hydrogen-bond acceptors (Lipinski definition) is 9. The summed E-state index contributed by atoms with van der Waals surface area (Å²) in [5.41, 5.74) is 1.92. The fraction of sp³-hybridized carbons (Fsp3) is 0.515. The van der Waals surface area contributed by atoms with Gasteiger partial charge in [-0.2, -0.15) is 4.98 Å². The number of anilines is 2. The second-order valence-corrected chi connectivity index (χ2v) is 11.9. The van der Waals surface area contributed by atoms with Gasteiger partial charge in [0.25, 0.3) is 5.56 Å². The third-order valence-electron chi connectivity index (χ3n) is 8.62. The Hall–Kier alpha value is -4.12. The largest absolute Gasteiger partial charge is 0.490 e. The van der Waals surface area contributed by atoms with Gasteiger partial charge in [-0.1, -0.05) is 11.6 Å². The summed E-state index contributed by atoms with van der Waals surface area (Å²) in [6.07, 6.45) is 1.38. The van der Waals surface area contributed by atoms with Gasteiger partial charge in [-0.05, 0) is 65.7 Å². The fourth-order valence-electron chi connectivity index (χ4n) is 6.62. The molecule has 11 heteroatoms. The van der Waals surface area contributed by atoms with Crippen LogP contribution in [0, 0.1) is 6.92 Å². The maximum atomic E-state index is 13.6. The van der Waals surface area contributed by atoms with Gasteiger partial charge in [0, 0.05) is 50.7 Å². The molecule has 0 unspecified atom stereocenters. The van der Waals surface area contributed by atoms with Crippen LogP contribution < -0.4 is 30.5 Å². The lowest BCUT2D eigenvalue weighted by Crippen LogP contribution is -2.47. The number of rotatable bonds is 7. The van der Waals surface area contributed by atoms with Gasteiger partial charge in [0.2, 0.25) is 5.95 Å². The van der Waals surface area contributed by atoms with Crippen LogP contribution in [0.3, 0.4) is 0 Å². The average Bonchev–Trinajstić information content (AvgIpc) is 3.00. The van der Waals surface area contributed by atoms with Crippen LogP contribution in [0.15, 0.2) is 39.9 Å². The number of aryl methyl sites for hydroxylation is 2. The monoisotopic (exact) mass is 602 g/mol. The van der Waals surface area contributed by atoms with Crippen LogP contribution in [-0.4, -0.2) is 70.7 Å². The Balaban J connectivity index is 1.39. The summed E-state index contributed by atoms with van der Waals surface area (Å²) in [5, 5.41) is 1.45. The summed E-state index contributed by atoms with van der Waals surface area (Å²) in [4.78, 5) is 41.6. The van der Waals surface area contributed by atoms with Crippen LogP contribution in [0.2, 0.25) is 0 Å². The van der Waals surface area contributed by atoms with Crippen molar-refractivity contribution in [2.45, 2.75) is 65.7 Å². The molecule has 0 spiro atoms. The zero-order valence-corrected chi connectivity index (χ0v) is 26.5. The van der Waals surface area contributed by atoms with Gasteiger partial charge in [0.05, 0.1) is 41.8 Å². The highest BCUT2D eigenvalue weighted by Gasteiger charge is 2.30. The molecule has 0 aliphatic carbocycles. The van der Waals surface area contributed by atoms with Crippen LogP contribution in [0.4, 0.5) is 11.8 Å². The van der Waals surface area contributed by atoms with Gasteiger partial charge < -0.3 is 24.0 Å². The van der Waals surface area contributed by atoms with Crippen molar-refractivity contribution in [1.82, 2.24) is 19.1 Å². The molecular weight excluding hydrogens is 560 g/mol. The molecule has 44 heavy (non-hydrogen) atoms. The van der Waals surface area contributed by atoms with Crippen LogP contribution in [0.1, 0.15) is 52.1 Å². The van der Waals surface area contributed by atoms with E-state index in [1.54, 1.807) is 11.6 Å². The molecule has 2 saturated heterocycles. The topological polar surface area (TPSA) is 104 Å². The number of nitrogens with zero attached hydrogens (tertiary/aromatic N) is 6.